The minimum atomic E-state index is -2.34. The van der Waals surface area contributed by atoms with Crippen LogP contribution in [-0.2, 0) is 38.1 Å². The summed E-state index contributed by atoms with van der Waals surface area (Å²) in [6.45, 7) is 9.46. The molecule has 2 saturated heterocycles. The SMILES string of the molecule is CCCC1O[C@@H]2C[C@H]3[C@@H]4C[C@H](F)C5=CC(=O)C=C[C@]5(C)[C@@]4(F)[C@@H](O)C[C@]3(C)[C@]2(C(=O)COc2ccc(N)c(OC)c2)O1.[2H]c1c([2H])c(OCC(=O)[C@@]23OC(CCC)O[C@@H]2C[C@H]2[C@@H]4C[C@H](F)C5=CC(=O)C=C[C@]5(C)[C@@]4(F)[C@@H](O)C[C@@]23C)c([2H])c([2H])c1N. The monoisotopic (exact) mass is 1150 g/mol. The number of allylic oxidation sites excluding steroid dienone is 8. The number of halogens is 4. The van der Waals surface area contributed by atoms with Crippen molar-refractivity contribution in [1.29, 1.82) is 0 Å². The molecule has 10 aliphatic rings. The number of aliphatic hydroxyl groups is 2. The highest BCUT2D eigenvalue weighted by molar-refractivity contribution is 6.02. The Labute approximate surface area is 480 Å². The molecule has 6 N–H and O–H groups in total. The van der Waals surface area contributed by atoms with Gasteiger partial charge in [0.05, 0.1) is 42.7 Å². The van der Waals surface area contributed by atoms with E-state index in [9.17, 15) is 29.4 Å². The molecule has 19 heteroatoms. The van der Waals surface area contributed by atoms with Gasteiger partial charge < -0.3 is 54.8 Å². The van der Waals surface area contributed by atoms with Gasteiger partial charge in [-0.15, -0.1) is 0 Å². The Balaban J connectivity index is 0.000000179. The van der Waals surface area contributed by atoms with Gasteiger partial charge >= 0.3 is 0 Å². The van der Waals surface area contributed by atoms with E-state index in [2.05, 4.69) is 0 Å². The van der Waals surface area contributed by atoms with E-state index in [1.807, 2.05) is 20.8 Å². The number of carbonyl (C=O) groups is 4. The topological polar surface area (TPSA) is 225 Å². The minimum Gasteiger partial charge on any atom is -0.494 e. The van der Waals surface area contributed by atoms with Gasteiger partial charge in [0.2, 0.25) is 11.6 Å². The molecule has 0 radical (unpaired) electrons. The summed E-state index contributed by atoms with van der Waals surface area (Å²) in [5, 5.41) is 23.4. The average Bonchev–Trinajstić information content (AvgIpc) is 1.38. The molecule has 2 unspecified atom stereocenters. The summed E-state index contributed by atoms with van der Waals surface area (Å²) in [7, 11) is 1.48. The van der Waals surface area contributed by atoms with Gasteiger partial charge in [-0.25, -0.2) is 17.6 Å². The van der Waals surface area contributed by atoms with Crippen LogP contribution < -0.4 is 25.7 Å². The van der Waals surface area contributed by atoms with Crippen LogP contribution in [0.4, 0.5) is 28.9 Å². The van der Waals surface area contributed by atoms with Gasteiger partial charge in [-0.2, -0.15) is 0 Å². The lowest BCUT2D eigenvalue weighted by atomic mass is 9.44. The molecule has 12 rings (SSSR count). The highest BCUT2D eigenvalue weighted by Gasteiger charge is 2.82. The summed E-state index contributed by atoms with van der Waals surface area (Å²) in [6, 6.07) is 2.73. The first-order valence-electron chi connectivity index (χ1n) is 30.6. The molecule has 2 aliphatic heterocycles. The number of hydrogen-bond donors (Lipinski definition) is 4. The zero-order valence-corrected chi connectivity index (χ0v) is 47.2. The van der Waals surface area contributed by atoms with Gasteiger partial charge in [0.1, 0.15) is 42.8 Å². The largest absolute Gasteiger partial charge is 0.494 e. The zero-order chi connectivity index (χ0) is 62.4. The Morgan fingerprint density at radius 1 is 0.683 bits per heavy atom. The molecular formula is C63H76F4N2O13. The number of Topliss-reactive ketones (excluding diaryl/α,β-unsaturated/α-hetero) is 2. The summed E-state index contributed by atoms with van der Waals surface area (Å²) >= 11 is 0. The molecule has 444 valence electrons. The number of nitrogens with two attached hydrogens (primary N) is 2. The molecule has 2 aromatic rings. The number of rotatable bonds is 13. The van der Waals surface area contributed by atoms with Crippen molar-refractivity contribution in [2.75, 3.05) is 31.8 Å². The van der Waals surface area contributed by atoms with Gasteiger partial charge in [0.15, 0.2) is 46.7 Å². The third-order valence-electron chi connectivity index (χ3n) is 21.3. The van der Waals surface area contributed by atoms with Crippen LogP contribution in [-0.4, -0.2) is 126 Å². The third-order valence-corrected chi connectivity index (χ3v) is 21.3. The maximum absolute atomic E-state index is 17.6. The molecule has 0 bridgehead atoms. The van der Waals surface area contributed by atoms with Crippen LogP contribution in [0.1, 0.15) is 111 Å². The van der Waals surface area contributed by atoms with Gasteiger partial charge in [-0.3, -0.25) is 19.2 Å². The number of ether oxygens (including phenoxy) is 7. The number of carbonyl (C=O) groups excluding carboxylic acids is 4. The molecule has 8 fully saturated rings. The van der Waals surface area contributed by atoms with E-state index in [0.717, 1.165) is 12.5 Å². The molecule has 8 aliphatic carbocycles. The van der Waals surface area contributed by atoms with Crippen molar-refractivity contribution in [2.24, 2.45) is 45.3 Å². The molecule has 2 aromatic carbocycles. The standard InChI is InChI=1S/C32H39F2NO7.C31H37F2NO6/c1-5-6-28-41-27-14-19-20-13-22(33)21-11-17(36)9-10-29(21,2)31(20,34)25(37)15-30(19,3)32(27,42-28)26(38)16-40-18-7-8-23(35)24(12-18)39-4;1-4-5-27-39-26-14-20-21-13-23(32)22-12-18(35)10-11-28(22,2)30(21,33)24(36)15-29(20,3)31(26,40-27)25(37)16-38-19-8-6-17(34)7-9-19/h7-12,19-20,22,25,27-28,37H,5-6,13-16,35H2,1-4H3;6-12,20-21,23-24,26-27,36H,4-5,13-16,34H2,1-3H3/t19-,20-,22-,25-,27+,28?,29-,30-,31-,32+;20-,21-,23-,24-,26+,27?,28-,29-,30-,31+/m00/s1/i;6D,7D,8D,9D. The summed E-state index contributed by atoms with van der Waals surface area (Å²) < 4.78 is 142. The molecular weight excluding hydrogens is 1070 g/mol. The zero-order valence-electron chi connectivity index (χ0n) is 51.2. The van der Waals surface area contributed by atoms with E-state index in [4.69, 9.17) is 50.1 Å². The van der Waals surface area contributed by atoms with Crippen molar-refractivity contribution in [2.45, 2.75) is 178 Å². The van der Waals surface area contributed by atoms with Gasteiger partial charge in [-0.1, -0.05) is 52.7 Å². The highest BCUT2D eigenvalue weighted by Crippen LogP contribution is 2.74. The Morgan fingerprint density at radius 3 is 1.55 bits per heavy atom. The smallest absolute Gasteiger partial charge is 0.205 e. The first-order chi connectivity index (χ1) is 40.4. The maximum atomic E-state index is 17.6. The summed E-state index contributed by atoms with van der Waals surface area (Å²) in [5.74, 6) is -4.72. The third kappa shape index (κ3) is 8.07. The first-order valence-corrected chi connectivity index (χ1v) is 28.6. The maximum Gasteiger partial charge on any atom is 0.205 e. The number of ketones is 4. The molecule has 15 nitrogen and oxygen atoms in total. The molecule has 2 heterocycles. The lowest BCUT2D eigenvalue weighted by Crippen LogP contribution is -2.71. The number of alkyl halides is 4. The summed E-state index contributed by atoms with van der Waals surface area (Å²) in [5.41, 5.74) is -1.55. The second-order valence-corrected chi connectivity index (χ2v) is 25.2. The van der Waals surface area contributed by atoms with Crippen molar-refractivity contribution >= 4 is 34.5 Å². The lowest BCUT2D eigenvalue weighted by molar-refractivity contribution is -0.234. The first kappa shape index (κ1) is 53.3. The van der Waals surface area contributed by atoms with Crippen LogP contribution in [0.25, 0.3) is 0 Å². The second-order valence-electron chi connectivity index (χ2n) is 25.2. The fourth-order valence-electron chi connectivity index (χ4n) is 17.4. The highest BCUT2D eigenvalue weighted by atomic mass is 19.2. The Morgan fingerprint density at radius 2 is 1.12 bits per heavy atom. The number of fused-ring (bicyclic) bond motifs is 14. The normalized spacial score (nSPS) is 45.1. The summed E-state index contributed by atoms with van der Waals surface area (Å²) in [6.07, 6.45) is 0.109. The molecule has 0 aromatic heterocycles. The van der Waals surface area contributed by atoms with Crippen molar-refractivity contribution < 1.29 is 85.6 Å². The van der Waals surface area contributed by atoms with E-state index >= 15 is 17.6 Å². The number of benzene rings is 2. The summed E-state index contributed by atoms with van der Waals surface area (Å²) in [4.78, 5) is 52.9. The van der Waals surface area contributed by atoms with Crippen molar-refractivity contribution in [1.82, 2.24) is 0 Å². The molecule has 20 atom stereocenters. The quantitative estimate of drug-likeness (QED) is 0.109. The van der Waals surface area contributed by atoms with Crippen LogP contribution in [0, 0.1) is 45.3 Å². The Hall–Kier alpha value is -5.44. The minimum absolute atomic E-state index is 0.00251. The number of aliphatic hydroxyl groups excluding tert-OH is 2. The molecule has 0 amide bonds. The predicted octanol–water partition coefficient (Wildman–Crippen LogP) is 8.86. The van der Waals surface area contributed by atoms with E-state index in [1.54, 1.807) is 32.0 Å². The van der Waals surface area contributed by atoms with Crippen molar-refractivity contribution in [3.05, 3.63) is 90.0 Å². The van der Waals surface area contributed by atoms with Crippen LogP contribution in [0.2, 0.25) is 0 Å². The fraction of sp³-hybridized carbons (Fsp3) is 0.619. The number of methoxy groups -OCH3 is 1. The average molecular weight is 1150 g/mol. The van der Waals surface area contributed by atoms with Gasteiger partial charge in [0, 0.05) is 45.2 Å². The number of nitrogen functional groups attached to an aromatic ring is 2. The predicted molar refractivity (Wildman–Crippen MR) is 292 cm³/mol. The van der Waals surface area contributed by atoms with Crippen molar-refractivity contribution in [3.63, 3.8) is 0 Å². The van der Waals surface area contributed by atoms with Crippen LogP contribution in [0.5, 0.6) is 17.2 Å². The van der Waals surface area contributed by atoms with Crippen LogP contribution >= 0.6 is 0 Å². The van der Waals surface area contributed by atoms with Crippen molar-refractivity contribution in [3.8, 4) is 17.2 Å². The lowest BCUT2D eigenvalue weighted by Gasteiger charge is -2.63. The molecule has 82 heavy (non-hydrogen) atoms. The molecule has 6 saturated carbocycles. The molecule has 0 spiro atoms. The second kappa shape index (κ2) is 20.4. The van der Waals surface area contributed by atoms with E-state index < -0.39 is 171 Å². The van der Waals surface area contributed by atoms with E-state index in [-0.39, 0.29) is 67.7 Å². The Bertz CT molecular complexity index is 3270. The van der Waals surface area contributed by atoms with E-state index in [0.29, 0.717) is 36.4 Å². The van der Waals surface area contributed by atoms with Crippen LogP contribution in [0.15, 0.2) is 90.0 Å². The number of anilines is 2. The Kier molecular flexibility index (Phi) is 13.2. The number of hydrogen-bond acceptors (Lipinski definition) is 15. The van der Waals surface area contributed by atoms with Crippen LogP contribution in [0.3, 0.4) is 0 Å². The van der Waals surface area contributed by atoms with Gasteiger partial charge in [0.25, 0.3) is 0 Å². The fourth-order valence-corrected chi connectivity index (χ4v) is 17.4. The van der Waals surface area contributed by atoms with E-state index in [1.165, 1.54) is 44.4 Å². The van der Waals surface area contributed by atoms with Gasteiger partial charge in [-0.05, 0) is 149 Å².